The van der Waals surface area contributed by atoms with E-state index in [1.165, 1.54) is 11.0 Å². The molecule has 3 aromatic rings. The topological polar surface area (TPSA) is 79.6 Å². The molecular weight excluding hydrogens is 412 g/mol. The Morgan fingerprint density at radius 3 is 2.93 bits per heavy atom. The van der Waals surface area contributed by atoms with E-state index in [0.29, 0.717) is 28.0 Å². The highest BCUT2D eigenvalue weighted by molar-refractivity contribution is 7.10. The highest BCUT2D eigenvalue weighted by atomic mass is 35.5. The van der Waals surface area contributed by atoms with E-state index in [1.54, 1.807) is 23.5 Å². The molecule has 1 fully saturated rings. The number of amides is 3. The molecule has 1 aromatic carbocycles. The number of imide groups is 1. The minimum Gasteiger partial charge on any atom is -0.423 e. The van der Waals surface area contributed by atoms with E-state index in [2.05, 4.69) is 5.32 Å². The number of rotatable bonds is 2. The molecule has 1 atom stereocenters. The summed E-state index contributed by atoms with van der Waals surface area (Å²) in [5.74, 6) is -0.276. The van der Waals surface area contributed by atoms with Crippen LogP contribution in [0.1, 0.15) is 34.4 Å². The number of halogens is 1. The van der Waals surface area contributed by atoms with Gasteiger partial charge in [0.1, 0.15) is 11.1 Å². The Labute approximate surface area is 175 Å². The molecule has 0 saturated carbocycles. The molecule has 6 nitrogen and oxygen atoms in total. The minimum atomic E-state index is -1.01. The Bertz CT molecular complexity index is 1250. The number of nitrogens with one attached hydrogen (secondary N) is 1. The van der Waals surface area contributed by atoms with E-state index >= 15 is 0 Å². The van der Waals surface area contributed by atoms with Crippen LogP contribution in [0.25, 0.3) is 11.0 Å². The van der Waals surface area contributed by atoms with Crippen molar-refractivity contribution in [1.29, 1.82) is 0 Å². The first-order valence-corrected chi connectivity index (χ1v) is 10.6. The Morgan fingerprint density at radius 1 is 1.28 bits per heavy atom. The van der Waals surface area contributed by atoms with Crippen LogP contribution in [-0.2, 0) is 23.3 Å². The fraction of sp³-hybridized carbons (Fsp3) is 0.286. The van der Waals surface area contributed by atoms with Crippen LogP contribution in [0.15, 0.2) is 38.9 Å². The van der Waals surface area contributed by atoms with E-state index in [9.17, 15) is 14.4 Å². The zero-order valence-electron chi connectivity index (χ0n) is 15.6. The summed E-state index contributed by atoms with van der Waals surface area (Å²) in [4.78, 5) is 40.6. The van der Waals surface area contributed by atoms with Crippen molar-refractivity contribution in [2.45, 2.75) is 38.3 Å². The summed E-state index contributed by atoms with van der Waals surface area (Å²) in [6, 6.07) is 6.19. The summed E-state index contributed by atoms with van der Waals surface area (Å²) in [7, 11) is 0. The van der Waals surface area contributed by atoms with Gasteiger partial charge in [-0.3, -0.25) is 9.69 Å². The van der Waals surface area contributed by atoms with Crippen LogP contribution in [0.5, 0.6) is 0 Å². The third-order valence-corrected chi connectivity index (χ3v) is 7.16. The van der Waals surface area contributed by atoms with Crippen LogP contribution >= 0.6 is 22.9 Å². The standard InChI is InChI=1S/C21H17ClN2O4S/c1-11-7-16-13(9-15(11)22)12(8-18(25)28-16)10-24-19(26)21(23-20(24)27)5-2-3-17-14(21)4-6-29-17/h4,6-9H,2-3,5,10H2,1H3,(H,23,27). The van der Waals surface area contributed by atoms with Crippen molar-refractivity contribution in [1.82, 2.24) is 10.2 Å². The van der Waals surface area contributed by atoms with Crippen LogP contribution in [-0.4, -0.2) is 16.8 Å². The molecule has 8 heteroatoms. The van der Waals surface area contributed by atoms with Gasteiger partial charge in [0.05, 0.1) is 6.54 Å². The van der Waals surface area contributed by atoms with Crippen molar-refractivity contribution >= 4 is 45.8 Å². The first-order valence-electron chi connectivity index (χ1n) is 9.33. The van der Waals surface area contributed by atoms with Gasteiger partial charge in [0.15, 0.2) is 0 Å². The molecule has 29 heavy (non-hydrogen) atoms. The zero-order valence-corrected chi connectivity index (χ0v) is 17.2. The first-order chi connectivity index (χ1) is 13.9. The summed E-state index contributed by atoms with van der Waals surface area (Å²) in [6.07, 6.45) is 2.32. The van der Waals surface area contributed by atoms with Gasteiger partial charge in [-0.2, -0.15) is 0 Å². The SMILES string of the molecule is Cc1cc2oc(=O)cc(CN3C(=O)NC4(CCCc5sccc54)C3=O)c2cc1Cl. The molecule has 2 aliphatic rings. The summed E-state index contributed by atoms with van der Waals surface area (Å²) in [5, 5.41) is 6.03. The number of thiophene rings is 1. The number of hydrogen-bond donors (Lipinski definition) is 1. The summed E-state index contributed by atoms with van der Waals surface area (Å²) in [6.45, 7) is 1.80. The van der Waals surface area contributed by atoms with Gasteiger partial charge in [-0.05, 0) is 60.9 Å². The van der Waals surface area contributed by atoms with E-state index < -0.39 is 17.2 Å². The molecule has 3 heterocycles. The van der Waals surface area contributed by atoms with Gasteiger partial charge < -0.3 is 9.73 Å². The number of hydrogen-bond acceptors (Lipinski definition) is 5. The van der Waals surface area contributed by atoms with Crippen LogP contribution in [0.4, 0.5) is 4.79 Å². The lowest BCUT2D eigenvalue weighted by Crippen LogP contribution is -2.46. The van der Waals surface area contributed by atoms with Crippen molar-refractivity contribution in [3.8, 4) is 0 Å². The lowest BCUT2D eigenvalue weighted by atomic mass is 9.80. The molecule has 3 amide bonds. The van der Waals surface area contributed by atoms with E-state index in [1.807, 2.05) is 18.4 Å². The molecule has 1 unspecified atom stereocenters. The normalized spacial score (nSPS) is 21.1. The van der Waals surface area contributed by atoms with Gasteiger partial charge in [0.25, 0.3) is 5.91 Å². The summed E-state index contributed by atoms with van der Waals surface area (Å²) in [5.41, 5.74) is 1.04. The minimum absolute atomic E-state index is 0.0205. The molecule has 2 aromatic heterocycles. The summed E-state index contributed by atoms with van der Waals surface area (Å²) < 4.78 is 5.29. The lowest BCUT2D eigenvalue weighted by Gasteiger charge is -2.31. The van der Waals surface area contributed by atoms with Gasteiger partial charge in [-0.15, -0.1) is 11.3 Å². The average Bonchev–Trinajstić information content (AvgIpc) is 3.24. The number of nitrogens with zero attached hydrogens (tertiary/aromatic N) is 1. The molecule has 5 rings (SSSR count). The number of carbonyl (C=O) groups excluding carboxylic acids is 2. The maximum Gasteiger partial charge on any atom is 0.336 e. The lowest BCUT2D eigenvalue weighted by molar-refractivity contribution is -0.132. The quantitative estimate of drug-likeness (QED) is 0.492. The Hall–Kier alpha value is -2.64. The van der Waals surface area contributed by atoms with Crippen LogP contribution in [0.3, 0.4) is 0 Å². The van der Waals surface area contributed by atoms with Crippen molar-refractivity contribution in [2.75, 3.05) is 0 Å². The highest BCUT2D eigenvalue weighted by Crippen LogP contribution is 2.42. The second-order valence-electron chi connectivity index (χ2n) is 7.53. The largest absolute Gasteiger partial charge is 0.423 e. The number of urea groups is 1. The highest BCUT2D eigenvalue weighted by Gasteiger charge is 2.54. The number of carbonyl (C=O) groups is 2. The molecule has 1 aliphatic carbocycles. The molecular formula is C21H17ClN2O4S. The molecule has 1 saturated heterocycles. The van der Waals surface area contributed by atoms with Gasteiger partial charge >= 0.3 is 11.7 Å². The molecule has 1 aliphatic heterocycles. The maximum atomic E-state index is 13.4. The molecule has 148 valence electrons. The fourth-order valence-electron chi connectivity index (χ4n) is 4.33. The van der Waals surface area contributed by atoms with E-state index in [4.69, 9.17) is 16.0 Å². The zero-order chi connectivity index (χ0) is 20.3. The fourth-order valence-corrected chi connectivity index (χ4v) is 5.50. The van der Waals surface area contributed by atoms with Gasteiger partial charge in [0, 0.05) is 26.9 Å². The van der Waals surface area contributed by atoms with Gasteiger partial charge in [-0.25, -0.2) is 9.59 Å². The molecule has 1 spiro atoms. The number of benzene rings is 1. The smallest absolute Gasteiger partial charge is 0.336 e. The predicted octanol–water partition coefficient (Wildman–Crippen LogP) is 4.10. The molecule has 0 radical (unpaired) electrons. The van der Waals surface area contributed by atoms with Crippen molar-refractivity contribution in [2.24, 2.45) is 0 Å². The van der Waals surface area contributed by atoms with E-state index in [-0.39, 0.29) is 12.5 Å². The monoisotopic (exact) mass is 428 g/mol. The average molecular weight is 429 g/mol. The predicted molar refractivity (Wildman–Crippen MR) is 110 cm³/mol. The first kappa shape index (κ1) is 18.4. The van der Waals surface area contributed by atoms with Crippen LogP contribution in [0.2, 0.25) is 5.02 Å². The van der Waals surface area contributed by atoms with Crippen LogP contribution in [0, 0.1) is 6.92 Å². The third-order valence-electron chi connectivity index (χ3n) is 5.77. The van der Waals surface area contributed by atoms with Crippen molar-refractivity contribution < 1.29 is 14.0 Å². The van der Waals surface area contributed by atoms with Crippen molar-refractivity contribution in [3.63, 3.8) is 0 Å². The van der Waals surface area contributed by atoms with Gasteiger partial charge in [0.2, 0.25) is 0 Å². The second-order valence-corrected chi connectivity index (χ2v) is 8.93. The van der Waals surface area contributed by atoms with Gasteiger partial charge in [-0.1, -0.05) is 11.6 Å². The molecule has 1 N–H and O–H groups in total. The Balaban J connectivity index is 1.57. The number of aryl methyl sites for hydroxylation is 2. The summed E-state index contributed by atoms with van der Waals surface area (Å²) >= 11 is 7.87. The van der Waals surface area contributed by atoms with E-state index in [0.717, 1.165) is 28.8 Å². The van der Waals surface area contributed by atoms with Crippen LogP contribution < -0.4 is 10.9 Å². The number of fused-ring (bicyclic) bond motifs is 3. The second kappa shape index (κ2) is 6.43. The maximum absolute atomic E-state index is 13.4. The third kappa shape index (κ3) is 2.72. The Kier molecular flexibility index (Phi) is 4.08. The Morgan fingerprint density at radius 2 is 2.10 bits per heavy atom. The molecule has 0 bridgehead atoms. The van der Waals surface area contributed by atoms with Crippen molar-refractivity contribution in [3.05, 3.63) is 66.7 Å².